The number of hydrogen-bond donors (Lipinski definition) is 1. The van der Waals surface area contributed by atoms with Crippen molar-refractivity contribution in [3.8, 4) is 17.4 Å². The topological polar surface area (TPSA) is 117 Å². The molecule has 0 aliphatic carbocycles. The number of hydrogen-bond acceptors (Lipinski definition) is 8. The molecule has 10 heteroatoms. The molecule has 1 aromatic carbocycles. The molecule has 0 saturated heterocycles. The van der Waals surface area contributed by atoms with Gasteiger partial charge in [0.05, 0.1) is 19.4 Å². The number of nitrogens with one attached hydrogen (secondary N) is 1. The van der Waals surface area contributed by atoms with E-state index in [1.165, 1.54) is 4.68 Å². The first-order chi connectivity index (χ1) is 15.8. The predicted octanol–water partition coefficient (Wildman–Crippen LogP) is 2.94. The Morgan fingerprint density at radius 3 is 2.30 bits per heavy atom. The number of aromatic nitrogens is 4. The number of benzene rings is 1. The Morgan fingerprint density at radius 1 is 0.970 bits per heavy atom. The molecule has 174 valence electrons. The lowest BCUT2D eigenvalue weighted by Gasteiger charge is -2.09. The average Bonchev–Trinajstić information content (AvgIpc) is 3.15. The summed E-state index contributed by atoms with van der Waals surface area (Å²) in [6, 6.07) is 10.7. The molecule has 0 spiro atoms. The summed E-state index contributed by atoms with van der Waals surface area (Å²) in [5, 5.41) is 7.04. The number of anilines is 1. The van der Waals surface area contributed by atoms with Crippen LogP contribution in [0.5, 0.6) is 11.5 Å². The van der Waals surface area contributed by atoms with Gasteiger partial charge in [0.1, 0.15) is 17.3 Å². The van der Waals surface area contributed by atoms with E-state index in [0.717, 1.165) is 17.1 Å². The summed E-state index contributed by atoms with van der Waals surface area (Å²) in [5.74, 6) is 1.21. The van der Waals surface area contributed by atoms with Gasteiger partial charge in [-0.3, -0.25) is 9.59 Å². The normalized spacial score (nSPS) is 10.5. The highest BCUT2D eigenvalue weighted by Crippen LogP contribution is 2.17. The van der Waals surface area contributed by atoms with Crippen molar-refractivity contribution in [2.24, 2.45) is 0 Å². The van der Waals surface area contributed by atoms with E-state index in [0.29, 0.717) is 36.2 Å². The summed E-state index contributed by atoms with van der Waals surface area (Å²) in [5.41, 5.74) is 2.25. The monoisotopic (exact) mass is 453 g/mol. The van der Waals surface area contributed by atoms with E-state index in [1.807, 2.05) is 19.9 Å². The molecular formula is C23H27N5O5. The van der Waals surface area contributed by atoms with Crippen molar-refractivity contribution in [2.75, 3.05) is 25.6 Å². The van der Waals surface area contributed by atoms with E-state index in [4.69, 9.17) is 14.2 Å². The molecule has 0 radical (unpaired) electrons. The van der Waals surface area contributed by atoms with Crippen molar-refractivity contribution >= 4 is 17.7 Å². The lowest BCUT2D eigenvalue weighted by atomic mass is 10.3. The van der Waals surface area contributed by atoms with Crippen LogP contribution in [0.25, 0.3) is 5.95 Å². The minimum atomic E-state index is -0.483. The number of ether oxygens (including phenoxy) is 3. The molecule has 1 amide bonds. The van der Waals surface area contributed by atoms with E-state index in [2.05, 4.69) is 20.4 Å². The Morgan fingerprint density at radius 2 is 1.64 bits per heavy atom. The van der Waals surface area contributed by atoms with E-state index < -0.39 is 18.5 Å². The molecule has 0 unspecified atom stereocenters. The molecule has 2 heterocycles. The third-order valence-corrected chi connectivity index (χ3v) is 4.48. The summed E-state index contributed by atoms with van der Waals surface area (Å²) < 4.78 is 17.2. The minimum Gasteiger partial charge on any atom is -0.497 e. The van der Waals surface area contributed by atoms with Gasteiger partial charge in [-0.15, -0.1) is 0 Å². The summed E-state index contributed by atoms with van der Waals surface area (Å²) >= 11 is 0. The van der Waals surface area contributed by atoms with Gasteiger partial charge in [-0.1, -0.05) is 0 Å². The molecule has 0 bridgehead atoms. The van der Waals surface area contributed by atoms with Gasteiger partial charge in [-0.05, 0) is 57.5 Å². The maximum absolute atomic E-state index is 12.3. The second-order valence-electron chi connectivity index (χ2n) is 7.37. The first kappa shape index (κ1) is 23.7. The highest BCUT2D eigenvalue weighted by atomic mass is 16.5. The smallest absolute Gasteiger partial charge is 0.306 e. The van der Waals surface area contributed by atoms with Gasteiger partial charge in [0.25, 0.3) is 11.9 Å². The van der Waals surface area contributed by atoms with Crippen molar-refractivity contribution < 1.29 is 23.8 Å². The fourth-order valence-electron chi connectivity index (χ4n) is 3.02. The summed E-state index contributed by atoms with van der Waals surface area (Å²) in [4.78, 5) is 33.0. The van der Waals surface area contributed by atoms with Gasteiger partial charge < -0.3 is 19.5 Å². The lowest BCUT2D eigenvalue weighted by molar-refractivity contribution is -0.147. The highest BCUT2D eigenvalue weighted by Gasteiger charge is 2.15. The van der Waals surface area contributed by atoms with Crippen LogP contribution in [0, 0.1) is 20.8 Å². The average molecular weight is 453 g/mol. The number of methoxy groups -OCH3 is 1. The largest absolute Gasteiger partial charge is 0.497 e. The zero-order valence-corrected chi connectivity index (χ0v) is 19.1. The van der Waals surface area contributed by atoms with Crippen LogP contribution in [0.2, 0.25) is 0 Å². The quantitative estimate of drug-likeness (QED) is 0.368. The zero-order valence-electron chi connectivity index (χ0n) is 19.1. The summed E-state index contributed by atoms with van der Waals surface area (Å²) in [6.45, 7) is 5.45. The number of nitrogens with zero attached hydrogens (tertiary/aromatic N) is 4. The summed E-state index contributed by atoms with van der Waals surface area (Å²) in [7, 11) is 1.59. The zero-order chi connectivity index (χ0) is 23.8. The van der Waals surface area contributed by atoms with Crippen LogP contribution in [0.4, 0.5) is 5.82 Å². The van der Waals surface area contributed by atoms with Crippen LogP contribution in [0.1, 0.15) is 29.9 Å². The van der Waals surface area contributed by atoms with Crippen LogP contribution in [-0.2, 0) is 14.3 Å². The van der Waals surface area contributed by atoms with Crippen molar-refractivity contribution in [1.82, 2.24) is 19.7 Å². The molecule has 1 N–H and O–H groups in total. The molecule has 0 aliphatic heterocycles. The van der Waals surface area contributed by atoms with Crippen molar-refractivity contribution in [3.63, 3.8) is 0 Å². The van der Waals surface area contributed by atoms with Gasteiger partial charge in [0.2, 0.25) is 0 Å². The van der Waals surface area contributed by atoms with Gasteiger partial charge in [0, 0.05) is 23.9 Å². The maximum atomic E-state index is 12.3. The molecule has 33 heavy (non-hydrogen) atoms. The third kappa shape index (κ3) is 7.03. The summed E-state index contributed by atoms with van der Waals surface area (Å²) in [6.07, 6.45) is 0.597. The maximum Gasteiger partial charge on any atom is 0.306 e. The van der Waals surface area contributed by atoms with Crippen LogP contribution in [0.3, 0.4) is 0 Å². The van der Waals surface area contributed by atoms with Crippen LogP contribution < -0.4 is 14.8 Å². The Balaban J connectivity index is 1.44. The molecule has 3 rings (SSSR count). The number of carbonyl (C=O) groups excluding carboxylic acids is 2. The molecule has 3 aromatic rings. The minimum absolute atomic E-state index is 0.136. The van der Waals surface area contributed by atoms with Gasteiger partial charge in [-0.2, -0.15) is 9.78 Å². The van der Waals surface area contributed by atoms with Crippen molar-refractivity contribution in [1.29, 1.82) is 0 Å². The lowest BCUT2D eigenvalue weighted by Crippen LogP contribution is -2.23. The van der Waals surface area contributed by atoms with Crippen LogP contribution in [0.15, 0.2) is 36.4 Å². The van der Waals surface area contributed by atoms with E-state index in [1.54, 1.807) is 44.4 Å². The Hall–Kier alpha value is -3.95. The fourth-order valence-corrected chi connectivity index (χ4v) is 3.02. The second kappa shape index (κ2) is 11.1. The number of carbonyl (C=O) groups is 2. The molecule has 10 nitrogen and oxygen atoms in total. The Bertz CT molecular complexity index is 1090. The van der Waals surface area contributed by atoms with Gasteiger partial charge in [0.15, 0.2) is 6.61 Å². The Kier molecular flexibility index (Phi) is 7.96. The Labute approximate surface area is 191 Å². The SMILES string of the molecule is COc1ccc(OCCCC(=O)OCC(=O)Nc2cc(C)nn2-c2nc(C)cc(C)n2)cc1. The number of esters is 1. The molecule has 0 atom stereocenters. The molecule has 0 saturated carbocycles. The third-order valence-electron chi connectivity index (χ3n) is 4.48. The second-order valence-corrected chi connectivity index (χ2v) is 7.37. The number of aryl methyl sites for hydroxylation is 3. The number of rotatable bonds is 10. The fraction of sp³-hybridized carbons (Fsp3) is 0.348. The van der Waals surface area contributed by atoms with Gasteiger partial charge in [-0.25, -0.2) is 9.97 Å². The molecule has 2 aromatic heterocycles. The standard InChI is InChI=1S/C23H27N5O5/c1-15-12-16(2)25-23(24-15)28-20(13-17(3)27-28)26-21(29)14-33-22(30)6-5-11-32-19-9-7-18(31-4)8-10-19/h7-10,12-13H,5-6,11,14H2,1-4H3,(H,26,29). The highest BCUT2D eigenvalue weighted by molar-refractivity contribution is 5.92. The number of amides is 1. The van der Waals surface area contributed by atoms with Crippen molar-refractivity contribution in [3.05, 3.63) is 53.5 Å². The predicted molar refractivity (Wildman–Crippen MR) is 121 cm³/mol. The van der Waals surface area contributed by atoms with E-state index >= 15 is 0 Å². The van der Waals surface area contributed by atoms with Crippen LogP contribution in [-0.4, -0.2) is 51.9 Å². The van der Waals surface area contributed by atoms with E-state index in [9.17, 15) is 9.59 Å². The molecule has 0 aliphatic rings. The molecule has 0 fully saturated rings. The van der Waals surface area contributed by atoms with Crippen LogP contribution >= 0.6 is 0 Å². The van der Waals surface area contributed by atoms with Gasteiger partial charge >= 0.3 is 5.97 Å². The first-order valence-electron chi connectivity index (χ1n) is 10.5. The van der Waals surface area contributed by atoms with E-state index in [-0.39, 0.29) is 6.42 Å². The first-order valence-corrected chi connectivity index (χ1v) is 10.5. The molecular weight excluding hydrogens is 426 g/mol. The van der Waals surface area contributed by atoms with Crippen molar-refractivity contribution in [2.45, 2.75) is 33.6 Å².